The summed E-state index contributed by atoms with van der Waals surface area (Å²) in [5.41, 5.74) is 10.7. The maximum Gasteiger partial charge on any atom is 0.253 e. The van der Waals surface area contributed by atoms with Crippen molar-refractivity contribution in [3.8, 4) is 0 Å². The largest absolute Gasteiger partial charge is 0.350 e. The number of rotatable bonds is 2. The van der Waals surface area contributed by atoms with E-state index in [4.69, 9.17) is 10.7 Å². The van der Waals surface area contributed by atoms with E-state index < -0.39 is 0 Å². The molecule has 0 bridgehead atoms. The number of hydrogen-bond acceptors (Lipinski definition) is 3. The molecule has 2 aromatic rings. The van der Waals surface area contributed by atoms with Crippen LogP contribution >= 0.6 is 0 Å². The number of allylic oxidation sites excluding steroid dienone is 3. The third kappa shape index (κ3) is 1.97. The molecule has 3 N–H and O–H groups in total. The molecular formula is C17H18N4O. The Bertz CT molecular complexity index is 829. The monoisotopic (exact) mass is 294 g/mol. The van der Waals surface area contributed by atoms with Gasteiger partial charge in [0.15, 0.2) is 0 Å². The summed E-state index contributed by atoms with van der Waals surface area (Å²) in [5.74, 6) is 0.913. The Hall–Kier alpha value is -2.40. The predicted molar refractivity (Wildman–Crippen MR) is 86.4 cm³/mol. The lowest BCUT2D eigenvalue weighted by molar-refractivity contribution is 0.0956. The molecule has 112 valence electrons. The van der Waals surface area contributed by atoms with Crippen molar-refractivity contribution in [2.24, 2.45) is 5.73 Å². The summed E-state index contributed by atoms with van der Waals surface area (Å²) in [4.78, 5) is 17.0. The second kappa shape index (κ2) is 5.10. The molecule has 0 fully saturated rings. The standard InChI is InChI=1S/C17H18N4O/c18-10-11-3-1-4-12(9-11)16-20-14-6-2-5-13-15(14)21(16)8-7-19-17(13)22/h2,4-6,9H,1,3,7-8,10,18H2,(H,19,22). The molecule has 2 aliphatic rings. The minimum Gasteiger partial charge on any atom is -0.350 e. The number of nitrogens with one attached hydrogen (secondary N) is 1. The third-order valence-corrected chi connectivity index (χ3v) is 4.34. The van der Waals surface area contributed by atoms with Crippen molar-refractivity contribution in [1.82, 2.24) is 14.9 Å². The van der Waals surface area contributed by atoms with Gasteiger partial charge in [0.2, 0.25) is 0 Å². The molecule has 1 aliphatic carbocycles. The average Bonchev–Trinajstić information content (AvgIpc) is 2.84. The number of imidazole rings is 1. The molecule has 1 amide bonds. The van der Waals surface area contributed by atoms with Gasteiger partial charge in [-0.3, -0.25) is 4.79 Å². The van der Waals surface area contributed by atoms with E-state index in [0.717, 1.165) is 41.8 Å². The Morgan fingerprint density at radius 3 is 3.14 bits per heavy atom. The molecule has 4 rings (SSSR count). The zero-order valence-corrected chi connectivity index (χ0v) is 12.3. The molecule has 0 radical (unpaired) electrons. The van der Waals surface area contributed by atoms with Crippen LogP contribution in [0.25, 0.3) is 16.6 Å². The van der Waals surface area contributed by atoms with Crippen molar-refractivity contribution in [2.75, 3.05) is 13.1 Å². The van der Waals surface area contributed by atoms with E-state index in [1.807, 2.05) is 18.2 Å². The molecule has 5 heteroatoms. The highest BCUT2D eigenvalue weighted by molar-refractivity contribution is 6.06. The number of benzene rings is 1. The highest BCUT2D eigenvalue weighted by atomic mass is 16.1. The Labute approximate surface area is 128 Å². The maximum absolute atomic E-state index is 12.2. The Kier molecular flexibility index (Phi) is 3.08. The van der Waals surface area contributed by atoms with Crippen molar-refractivity contribution >= 4 is 22.5 Å². The van der Waals surface area contributed by atoms with Crippen LogP contribution in [-0.4, -0.2) is 28.5 Å². The Morgan fingerprint density at radius 2 is 2.27 bits per heavy atom. The summed E-state index contributed by atoms with van der Waals surface area (Å²) in [6, 6.07) is 5.72. The van der Waals surface area contributed by atoms with E-state index in [0.29, 0.717) is 18.7 Å². The quantitative estimate of drug-likeness (QED) is 0.887. The number of nitrogens with two attached hydrogens (primary N) is 1. The van der Waals surface area contributed by atoms with Gasteiger partial charge >= 0.3 is 0 Å². The molecule has 0 spiro atoms. The van der Waals surface area contributed by atoms with Crippen molar-refractivity contribution in [1.29, 1.82) is 0 Å². The average molecular weight is 294 g/mol. The summed E-state index contributed by atoms with van der Waals surface area (Å²) < 4.78 is 2.16. The zero-order chi connectivity index (χ0) is 15.1. The molecule has 1 aromatic heterocycles. The van der Waals surface area contributed by atoms with E-state index in [-0.39, 0.29) is 5.91 Å². The van der Waals surface area contributed by atoms with E-state index in [2.05, 4.69) is 22.0 Å². The number of carbonyl (C=O) groups is 1. The number of aromatic nitrogens is 2. The molecule has 1 aromatic carbocycles. The highest BCUT2D eigenvalue weighted by Crippen LogP contribution is 2.29. The summed E-state index contributed by atoms with van der Waals surface area (Å²) in [6.07, 6.45) is 6.37. The Balaban J connectivity index is 1.95. The summed E-state index contributed by atoms with van der Waals surface area (Å²) in [7, 11) is 0. The molecule has 0 unspecified atom stereocenters. The van der Waals surface area contributed by atoms with E-state index in [1.54, 1.807) is 0 Å². The normalized spacial score (nSPS) is 17.8. The minimum absolute atomic E-state index is 0.0217. The van der Waals surface area contributed by atoms with Gasteiger partial charge in [-0.2, -0.15) is 0 Å². The van der Waals surface area contributed by atoms with Gasteiger partial charge in [-0.25, -0.2) is 4.98 Å². The molecule has 5 nitrogen and oxygen atoms in total. The van der Waals surface area contributed by atoms with Crippen LogP contribution in [0.3, 0.4) is 0 Å². The van der Waals surface area contributed by atoms with E-state index in [1.165, 1.54) is 5.57 Å². The van der Waals surface area contributed by atoms with Gasteiger partial charge in [0.05, 0.1) is 16.6 Å². The van der Waals surface area contributed by atoms with Crippen molar-refractivity contribution in [3.05, 3.63) is 47.3 Å². The highest BCUT2D eigenvalue weighted by Gasteiger charge is 2.22. The number of hydrogen-bond donors (Lipinski definition) is 2. The summed E-state index contributed by atoms with van der Waals surface area (Å²) in [5, 5.41) is 2.95. The number of amides is 1. The maximum atomic E-state index is 12.2. The lowest BCUT2D eigenvalue weighted by Gasteiger charge is -2.14. The van der Waals surface area contributed by atoms with Crippen LogP contribution in [0.5, 0.6) is 0 Å². The molecule has 2 heterocycles. The van der Waals surface area contributed by atoms with Crippen molar-refractivity contribution in [2.45, 2.75) is 19.4 Å². The van der Waals surface area contributed by atoms with Gasteiger partial charge < -0.3 is 15.6 Å². The SMILES string of the molecule is NCC1=CC(c2nc3cccc4c3n2CCNC4=O)=CCC1. The topological polar surface area (TPSA) is 72.9 Å². The lowest BCUT2D eigenvalue weighted by atomic mass is 9.99. The molecular weight excluding hydrogens is 276 g/mol. The number of nitrogens with zero attached hydrogens (tertiary/aromatic N) is 2. The first-order valence-corrected chi connectivity index (χ1v) is 7.65. The number of para-hydroxylation sites is 1. The van der Waals surface area contributed by atoms with Gasteiger partial charge in [-0.1, -0.05) is 23.8 Å². The molecule has 1 aliphatic heterocycles. The first-order valence-electron chi connectivity index (χ1n) is 7.65. The molecule has 0 atom stereocenters. The van der Waals surface area contributed by atoms with Gasteiger partial charge in [-0.15, -0.1) is 0 Å². The van der Waals surface area contributed by atoms with Gasteiger partial charge in [0, 0.05) is 25.2 Å². The van der Waals surface area contributed by atoms with Crippen LogP contribution < -0.4 is 11.1 Å². The van der Waals surface area contributed by atoms with Crippen molar-refractivity contribution in [3.63, 3.8) is 0 Å². The summed E-state index contributed by atoms with van der Waals surface area (Å²) in [6.45, 7) is 1.94. The second-order valence-corrected chi connectivity index (χ2v) is 5.72. The van der Waals surface area contributed by atoms with E-state index >= 15 is 0 Å². The minimum atomic E-state index is -0.0217. The Morgan fingerprint density at radius 1 is 1.36 bits per heavy atom. The first-order chi connectivity index (χ1) is 10.8. The molecule has 0 saturated carbocycles. The zero-order valence-electron chi connectivity index (χ0n) is 12.3. The fourth-order valence-corrected chi connectivity index (χ4v) is 3.26. The predicted octanol–water partition coefficient (Wildman–Crippen LogP) is 1.84. The fourth-order valence-electron chi connectivity index (χ4n) is 3.26. The lowest BCUT2D eigenvalue weighted by Crippen LogP contribution is -2.24. The second-order valence-electron chi connectivity index (χ2n) is 5.72. The fraction of sp³-hybridized carbons (Fsp3) is 0.294. The van der Waals surface area contributed by atoms with Crippen LogP contribution in [0.15, 0.2) is 35.9 Å². The van der Waals surface area contributed by atoms with Crippen LogP contribution in [0, 0.1) is 0 Å². The molecule has 22 heavy (non-hydrogen) atoms. The number of carbonyl (C=O) groups excluding carboxylic acids is 1. The van der Waals surface area contributed by atoms with E-state index in [9.17, 15) is 4.79 Å². The molecule has 0 saturated heterocycles. The van der Waals surface area contributed by atoms with Crippen LogP contribution in [0.2, 0.25) is 0 Å². The van der Waals surface area contributed by atoms with Crippen LogP contribution in [0.4, 0.5) is 0 Å². The first kappa shape index (κ1) is 13.3. The van der Waals surface area contributed by atoms with Crippen LogP contribution in [0.1, 0.15) is 29.0 Å². The van der Waals surface area contributed by atoms with Crippen LogP contribution in [-0.2, 0) is 6.54 Å². The summed E-state index contributed by atoms with van der Waals surface area (Å²) >= 11 is 0. The van der Waals surface area contributed by atoms with Gasteiger partial charge in [-0.05, 0) is 25.0 Å². The smallest absolute Gasteiger partial charge is 0.253 e. The van der Waals surface area contributed by atoms with Crippen molar-refractivity contribution < 1.29 is 4.79 Å². The third-order valence-electron chi connectivity index (χ3n) is 4.34. The van der Waals surface area contributed by atoms with Gasteiger partial charge in [0.1, 0.15) is 5.82 Å². The van der Waals surface area contributed by atoms with Gasteiger partial charge in [0.25, 0.3) is 5.91 Å².